The Kier molecular flexibility index (Phi) is 6.69. The number of ether oxygens (including phenoxy) is 1. The van der Waals surface area contributed by atoms with Crippen molar-refractivity contribution in [3.05, 3.63) is 24.3 Å². The highest BCUT2D eigenvalue weighted by atomic mass is 16.5. The molecule has 1 rings (SSSR count). The monoisotopic (exact) mass is 292 g/mol. The van der Waals surface area contributed by atoms with Gasteiger partial charge in [0.2, 0.25) is 5.91 Å². The van der Waals surface area contributed by atoms with Crippen molar-refractivity contribution in [1.29, 1.82) is 0 Å². The number of carbonyl (C=O) groups is 1. The van der Waals surface area contributed by atoms with Crippen LogP contribution >= 0.6 is 0 Å². The molecule has 3 N–H and O–H groups in total. The Bertz CT molecular complexity index is 452. The van der Waals surface area contributed by atoms with Gasteiger partial charge in [0.05, 0.1) is 7.11 Å². The van der Waals surface area contributed by atoms with Gasteiger partial charge in [0, 0.05) is 18.2 Å². The van der Waals surface area contributed by atoms with Crippen LogP contribution in [0.5, 0.6) is 5.75 Å². The predicted molar refractivity (Wildman–Crippen MR) is 87.5 cm³/mol. The summed E-state index contributed by atoms with van der Waals surface area (Å²) in [5.41, 5.74) is 6.62. The summed E-state index contributed by atoms with van der Waals surface area (Å²) in [4.78, 5) is 12.1. The van der Waals surface area contributed by atoms with E-state index in [0.717, 1.165) is 24.3 Å². The average Bonchev–Trinajstić information content (AvgIpc) is 2.42. The van der Waals surface area contributed by atoms with Crippen molar-refractivity contribution in [3.63, 3.8) is 0 Å². The molecule has 4 heteroatoms. The standard InChI is InChI=1S/C17H28N2O2/c1-17(2,3)13(10-11-18)8-9-16(20)19-14-6-5-7-15(12-14)21-4/h5-7,12-13H,8-11,18H2,1-4H3,(H,19,20). The van der Waals surface area contributed by atoms with Crippen LogP contribution in [0.4, 0.5) is 5.69 Å². The molecule has 0 aliphatic rings. The van der Waals surface area contributed by atoms with Crippen LogP contribution in [0.25, 0.3) is 0 Å². The Labute approximate surface area is 128 Å². The van der Waals surface area contributed by atoms with Crippen molar-refractivity contribution in [2.45, 2.75) is 40.0 Å². The van der Waals surface area contributed by atoms with Gasteiger partial charge in [-0.2, -0.15) is 0 Å². The quantitative estimate of drug-likeness (QED) is 0.809. The molecule has 118 valence electrons. The molecule has 0 aliphatic carbocycles. The molecule has 0 fully saturated rings. The Morgan fingerprint density at radius 1 is 1.33 bits per heavy atom. The minimum absolute atomic E-state index is 0.0366. The summed E-state index contributed by atoms with van der Waals surface area (Å²) in [6, 6.07) is 7.40. The van der Waals surface area contributed by atoms with E-state index in [2.05, 4.69) is 26.1 Å². The molecule has 4 nitrogen and oxygen atoms in total. The van der Waals surface area contributed by atoms with Gasteiger partial charge in [0.25, 0.3) is 0 Å². The second-order valence-electron chi connectivity index (χ2n) is 6.46. The predicted octanol–water partition coefficient (Wildman–Crippen LogP) is 3.43. The lowest BCUT2D eigenvalue weighted by Gasteiger charge is -2.30. The summed E-state index contributed by atoms with van der Waals surface area (Å²) in [6.45, 7) is 7.27. The fourth-order valence-corrected chi connectivity index (χ4v) is 2.44. The van der Waals surface area contributed by atoms with Gasteiger partial charge in [0.1, 0.15) is 5.75 Å². The van der Waals surface area contributed by atoms with Crippen LogP contribution in [-0.2, 0) is 4.79 Å². The van der Waals surface area contributed by atoms with Crippen LogP contribution < -0.4 is 15.8 Å². The van der Waals surface area contributed by atoms with Crippen LogP contribution in [0.1, 0.15) is 40.0 Å². The minimum atomic E-state index is 0.0366. The summed E-state index contributed by atoms with van der Waals surface area (Å²) in [6.07, 6.45) is 2.32. The molecule has 0 spiro atoms. The maximum absolute atomic E-state index is 12.1. The lowest BCUT2D eigenvalue weighted by Crippen LogP contribution is -2.25. The fraction of sp³-hybridized carbons (Fsp3) is 0.588. The molecule has 1 aromatic carbocycles. The van der Waals surface area contributed by atoms with E-state index in [9.17, 15) is 4.79 Å². The van der Waals surface area contributed by atoms with Gasteiger partial charge in [-0.05, 0) is 42.9 Å². The second kappa shape index (κ2) is 8.03. The molecule has 0 bridgehead atoms. The molecule has 0 saturated carbocycles. The van der Waals surface area contributed by atoms with Crippen LogP contribution in [0.3, 0.4) is 0 Å². The van der Waals surface area contributed by atoms with E-state index in [-0.39, 0.29) is 11.3 Å². The van der Waals surface area contributed by atoms with Gasteiger partial charge in [-0.1, -0.05) is 26.8 Å². The molecule has 21 heavy (non-hydrogen) atoms. The molecular formula is C17H28N2O2. The molecule has 1 aromatic rings. The molecule has 0 saturated heterocycles. The number of rotatable bonds is 7. The lowest BCUT2D eigenvalue weighted by molar-refractivity contribution is -0.116. The third-order valence-electron chi connectivity index (χ3n) is 3.81. The maximum Gasteiger partial charge on any atom is 0.224 e. The smallest absolute Gasteiger partial charge is 0.224 e. The van der Waals surface area contributed by atoms with Crippen LogP contribution in [0, 0.1) is 11.3 Å². The minimum Gasteiger partial charge on any atom is -0.497 e. The van der Waals surface area contributed by atoms with Gasteiger partial charge in [-0.15, -0.1) is 0 Å². The Morgan fingerprint density at radius 3 is 2.62 bits per heavy atom. The van der Waals surface area contributed by atoms with Gasteiger partial charge < -0.3 is 15.8 Å². The number of benzene rings is 1. The third-order valence-corrected chi connectivity index (χ3v) is 3.81. The average molecular weight is 292 g/mol. The molecule has 0 radical (unpaired) electrons. The van der Waals surface area contributed by atoms with Crippen LogP contribution in [0.15, 0.2) is 24.3 Å². The van der Waals surface area contributed by atoms with E-state index in [0.29, 0.717) is 18.9 Å². The summed E-state index contributed by atoms with van der Waals surface area (Å²) in [5.74, 6) is 1.23. The van der Waals surface area contributed by atoms with E-state index in [1.54, 1.807) is 7.11 Å². The normalized spacial score (nSPS) is 12.8. The number of nitrogens with two attached hydrogens (primary N) is 1. The topological polar surface area (TPSA) is 64.3 Å². The number of anilines is 1. The largest absolute Gasteiger partial charge is 0.497 e. The Hall–Kier alpha value is -1.55. The zero-order valence-corrected chi connectivity index (χ0v) is 13.6. The molecule has 1 amide bonds. The first-order chi connectivity index (χ1) is 9.86. The fourth-order valence-electron chi connectivity index (χ4n) is 2.44. The van der Waals surface area contributed by atoms with Gasteiger partial charge in [-0.3, -0.25) is 4.79 Å². The van der Waals surface area contributed by atoms with Gasteiger partial charge in [0.15, 0.2) is 0 Å². The van der Waals surface area contributed by atoms with E-state index >= 15 is 0 Å². The highest BCUT2D eigenvalue weighted by Crippen LogP contribution is 2.32. The summed E-state index contributed by atoms with van der Waals surface area (Å²) in [5, 5.41) is 2.92. The first kappa shape index (κ1) is 17.5. The van der Waals surface area contributed by atoms with Crippen molar-refractivity contribution in [2.75, 3.05) is 19.0 Å². The number of amides is 1. The maximum atomic E-state index is 12.1. The van der Waals surface area contributed by atoms with Gasteiger partial charge in [-0.25, -0.2) is 0 Å². The van der Waals surface area contributed by atoms with Gasteiger partial charge >= 0.3 is 0 Å². The zero-order chi connectivity index (χ0) is 15.9. The second-order valence-corrected chi connectivity index (χ2v) is 6.46. The van der Waals surface area contributed by atoms with E-state index < -0.39 is 0 Å². The van der Waals surface area contributed by atoms with E-state index in [1.807, 2.05) is 24.3 Å². The Morgan fingerprint density at radius 2 is 2.05 bits per heavy atom. The molecule has 0 aromatic heterocycles. The van der Waals surface area contributed by atoms with Crippen LogP contribution in [-0.4, -0.2) is 19.6 Å². The molecule has 1 atom stereocenters. The van der Waals surface area contributed by atoms with Crippen molar-refractivity contribution in [2.24, 2.45) is 17.1 Å². The number of hydrogen-bond donors (Lipinski definition) is 2. The number of nitrogens with one attached hydrogen (secondary N) is 1. The van der Waals surface area contributed by atoms with Crippen molar-refractivity contribution in [3.8, 4) is 5.75 Å². The van der Waals surface area contributed by atoms with E-state index in [1.165, 1.54) is 0 Å². The van der Waals surface area contributed by atoms with Crippen molar-refractivity contribution < 1.29 is 9.53 Å². The molecule has 0 heterocycles. The first-order valence-corrected chi connectivity index (χ1v) is 7.50. The first-order valence-electron chi connectivity index (χ1n) is 7.50. The summed E-state index contributed by atoms with van der Waals surface area (Å²) < 4.78 is 5.15. The third kappa shape index (κ3) is 6.17. The summed E-state index contributed by atoms with van der Waals surface area (Å²) >= 11 is 0. The Balaban J connectivity index is 2.52. The number of hydrogen-bond acceptors (Lipinski definition) is 3. The summed E-state index contributed by atoms with van der Waals surface area (Å²) in [7, 11) is 1.61. The number of carbonyl (C=O) groups excluding carboxylic acids is 1. The SMILES string of the molecule is COc1cccc(NC(=O)CCC(CCN)C(C)(C)C)c1. The van der Waals surface area contributed by atoms with Crippen LogP contribution in [0.2, 0.25) is 0 Å². The lowest BCUT2D eigenvalue weighted by atomic mass is 9.76. The molecule has 0 aliphatic heterocycles. The van der Waals surface area contributed by atoms with Crippen molar-refractivity contribution >= 4 is 11.6 Å². The van der Waals surface area contributed by atoms with Crippen molar-refractivity contribution in [1.82, 2.24) is 0 Å². The highest BCUT2D eigenvalue weighted by Gasteiger charge is 2.24. The molecule has 1 unspecified atom stereocenters. The zero-order valence-electron chi connectivity index (χ0n) is 13.6. The number of methoxy groups -OCH3 is 1. The highest BCUT2D eigenvalue weighted by molar-refractivity contribution is 5.90. The van der Waals surface area contributed by atoms with E-state index in [4.69, 9.17) is 10.5 Å². The molecular weight excluding hydrogens is 264 g/mol.